The number of amides is 2. The van der Waals surface area contributed by atoms with Crippen molar-refractivity contribution in [2.45, 2.75) is 38.5 Å². The predicted octanol–water partition coefficient (Wildman–Crippen LogP) is 3.13. The van der Waals surface area contributed by atoms with Crippen LogP contribution >= 0.6 is 0 Å². The van der Waals surface area contributed by atoms with Crippen LogP contribution in [0.5, 0.6) is 0 Å². The van der Waals surface area contributed by atoms with E-state index in [0.717, 1.165) is 11.1 Å². The highest BCUT2D eigenvalue weighted by atomic mass is 16.5. The molecule has 2 aromatic carbocycles. The number of carbonyl (C=O) groups excluding carboxylic acids is 4. The zero-order valence-electron chi connectivity index (χ0n) is 20.9. The van der Waals surface area contributed by atoms with Gasteiger partial charge in [0.15, 0.2) is 13.2 Å². The summed E-state index contributed by atoms with van der Waals surface area (Å²) in [5.74, 6) is -2.25. The molecule has 1 fully saturated rings. The lowest BCUT2D eigenvalue weighted by molar-refractivity contribution is -0.156. The number of ether oxygens (including phenoxy) is 2. The van der Waals surface area contributed by atoms with Crippen molar-refractivity contribution in [1.82, 2.24) is 9.80 Å². The van der Waals surface area contributed by atoms with Crippen LogP contribution in [0.1, 0.15) is 49.7 Å². The number of hydrogen-bond acceptors (Lipinski definition) is 6. The summed E-state index contributed by atoms with van der Waals surface area (Å²) in [4.78, 5) is 53.3. The Bertz CT molecular complexity index is 935. The van der Waals surface area contributed by atoms with Gasteiger partial charge in [0.25, 0.3) is 11.8 Å². The molecule has 1 aliphatic rings. The van der Waals surface area contributed by atoms with Gasteiger partial charge in [-0.05, 0) is 24.0 Å². The molecular formula is C28H34N2O6. The van der Waals surface area contributed by atoms with Crippen molar-refractivity contribution in [2.24, 2.45) is 0 Å². The molecule has 0 bridgehead atoms. The molecule has 3 rings (SSSR count). The van der Waals surface area contributed by atoms with Crippen molar-refractivity contribution in [3.05, 3.63) is 71.8 Å². The molecule has 2 aromatic rings. The summed E-state index contributed by atoms with van der Waals surface area (Å²) in [6.07, 6.45) is 1.15. The quantitative estimate of drug-likeness (QED) is 0.471. The van der Waals surface area contributed by atoms with E-state index in [1.807, 2.05) is 74.5 Å². The zero-order valence-corrected chi connectivity index (χ0v) is 20.9. The number of carbonyl (C=O) groups is 4. The van der Waals surface area contributed by atoms with Crippen LogP contribution in [0.15, 0.2) is 60.7 Å². The first-order valence-corrected chi connectivity index (χ1v) is 12.4. The summed E-state index contributed by atoms with van der Waals surface area (Å²) in [5.41, 5.74) is 1.72. The lowest BCUT2D eigenvalue weighted by Gasteiger charge is -2.34. The van der Waals surface area contributed by atoms with Crippen molar-refractivity contribution in [2.75, 3.05) is 39.4 Å². The second kappa shape index (κ2) is 13.4. The summed E-state index contributed by atoms with van der Waals surface area (Å²) in [6, 6.07) is 18.7. The van der Waals surface area contributed by atoms with E-state index in [-0.39, 0.29) is 25.0 Å². The molecule has 8 nitrogen and oxygen atoms in total. The second-order valence-corrected chi connectivity index (χ2v) is 8.72. The molecule has 2 amide bonds. The van der Waals surface area contributed by atoms with Crippen LogP contribution in [-0.2, 0) is 28.7 Å². The molecule has 1 heterocycles. The molecule has 192 valence electrons. The molecule has 0 spiro atoms. The van der Waals surface area contributed by atoms with Gasteiger partial charge in [-0.1, -0.05) is 74.5 Å². The lowest BCUT2D eigenvalue weighted by atomic mass is 9.97. The molecule has 2 atom stereocenters. The third kappa shape index (κ3) is 7.16. The average Bonchev–Trinajstić information content (AvgIpc) is 2.92. The highest BCUT2D eigenvalue weighted by molar-refractivity contribution is 5.85. The first kappa shape index (κ1) is 26.9. The van der Waals surface area contributed by atoms with E-state index in [1.54, 1.807) is 9.80 Å². The van der Waals surface area contributed by atoms with E-state index in [0.29, 0.717) is 39.0 Å². The predicted molar refractivity (Wildman–Crippen MR) is 134 cm³/mol. The molecule has 0 saturated carbocycles. The minimum absolute atomic E-state index is 0.293. The number of esters is 2. The molecule has 36 heavy (non-hydrogen) atoms. The summed E-state index contributed by atoms with van der Waals surface area (Å²) in [6.45, 7) is 4.45. The fourth-order valence-electron chi connectivity index (χ4n) is 4.30. The fraction of sp³-hybridized carbons (Fsp3) is 0.429. The highest BCUT2D eigenvalue weighted by Crippen LogP contribution is 2.22. The molecular weight excluding hydrogens is 460 g/mol. The van der Waals surface area contributed by atoms with Crippen molar-refractivity contribution < 1.29 is 28.7 Å². The van der Waals surface area contributed by atoms with Gasteiger partial charge in [0.2, 0.25) is 0 Å². The maximum atomic E-state index is 12.6. The Balaban J connectivity index is 1.41. The minimum atomic E-state index is -0.423. The normalized spacial score (nSPS) is 15.1. The maximum Gasteiger partial charge on any atom is 0.313 e. The average molecular weight is 495 g/mol. The van der Waals surface area contributed by atoms with Gasteiger partial charge >= 0.3 is 11.9 Å². The van der Waals surface area contributed by atoms with E-state index in [2.05, 4.69) is 0 Å². The number of rotatable bonds is 10. The summed E-state index contributed by atoms with van der Waals surface area (Å²) < 4.78 is 10.6. The van der Waals surface area contributed by atoms with Crippen LogP contribution in [0.25, 0.3) is 0 Å². The van der Waals surface area contributed by atoms with Gasteiger partial charge in [0.1, 0.15) is 0 Å². The van der Waals surface area contributed by atoms with Gasteiger partial charge in [-0.25, -0.2) is 0 Å². The maximum absolute atomic E-state index is 12.6. The molecule has 0 aromatic heterocycles. The zero-order chi connectivity index (χ0) is 25.9. The van der Waals surface area contributed by atoms with Gasteiger partial charge in [0.05, 0.1) is 11.8 Å². The van der Waals surface area contributed by atoms with E-state index < -0.39 is 23.8 Å². The van der Waals surface area contributed by atoms with Crippen molar-refractivity contribution in [3.63, 3.8) is 0 Å². The van der Waals surface area contributed by atoms with Crippen molar-refractivity contribution >= 4 is 23.8 Å². The Morgan fingerprint density at radius 3 is 1.28 bits per heavy atom. The highest BCUT2D eigenvalue weighted by Gasteiger charge is 2.28. The first-order chi connectivity index (χ1) is 17.4. The standard InChI is InChI=1S/C28H34N2O6/c1-3-23(21-11-7-5-8-12-21)27(33)35-19-25(31)29-15-17-30(18-16-29)26(32)20-36-28(34)24(4-2)22-13-9-6-10-14-22/h5-14,23-24H,3-4,15-20H2,1-2H3/t23-,24-/m0/s1. The molecule has 1 aliphatic heterocycles. The first-order valence-electron chi connectivity index (χ1n) is 12.4. The van der Waals surface area contributed by atoms with E-state index in [9.17, 15) is 19.2 Å². The number of nitrogens with zero attached hydrogens (tertiary/aromatic N) is 2. The largest absolute Gasteiger partial charge is 0.455 e. The SMILES string of the molecule is CC[C@H](C(=O)OCC(=O)N1CCN(C(=O)COC(=O)[C@@H](CC)c2ccccc2)CC1)c1ccccc1. The molecule has 0 unspecified atom stereocenters. The minimum Gasteiger partial charge on any atom is -0.455 e. The van der Waals surface area contributed by atoms with Crippen LogP contribution in [0.2, 0.25) is 0 Å². The van der Waals surface area contributed by atoms with Gasteiger partial charge in [-0.3, -0.25) is 19.2 Å². The lowest BCUT2D eigenvalue weighted by Crippen LogP contribution is -2.52. The van der Waals surface area contributed by atoms with Crippen molar-refractivity contribution in [3.8, 4) is 0 Å². The Morgan fingerprint density at radius 2 is 0.972 bits per heavy atom. The Kier molecular flexibility index (Phi) is 10.0. The van der Waals surface area contributed by atoms with Gasteiger partial charge in [-0.2, -0.15) is 0 Å². The van der Waals surface area contributed by atoms with Crippen LogP contribution in [0, 0.1) is 0 Å². The van der Waals surface area contributed by atoms with Crippen molar-refractivity contribution in [1.29, 1.82) is 0 Å². The smallest absolute Gasteiger partial charge is 0.313 e. The Labute approximate surface area is 212 Å². The van der Waals surface area contributed by atoms with Crippen LogP contribution in [0.3, 0.4) is 0 Å². The number of hydrogen-bond donors (Lipinski definition) is 0. The number of piperazine rings is 1. The van der Waals surface area contributed by atoms with E-state index >= 15 is 0 Å². The fourth-order valence-corrected chi connectivity index (χ4v) is 4.30. The van der Waals surface area contributed by atoms with Gasteiger partial charge in [0, 0.05) is 26.2 Å². The third-order valence-corrected chi connectivity index (χ3v) is 6.45. The monoisotopic (exact) mass is 494 g/mol. The van der Waals surface area contributed by atoms with Crippen LogP contribution in [0.4, 0.5) is 0 Å². The molecule has 0 aliphatic carbocycles. The topological polar surface area (TPSA) is 93.2 Å². The number of benzene rings is 2. The molecule has 8 heteroatoms. The molecule has 0 radical (unpaired) electrons. The molecule has 1 saturated heterocycles. The Hall–Kier alpha value is -3.68. The van der Waals surface area contributed by atoms with Crippen LogP contribution in [-0.4, -0.2) is 72.9 Å². The summed E-state index contributed by atoms with van der Waals surface area (Å²) in [5, 5.41) is 0. The van der Waals surface area contributed by atoms with E-state index in [4.69, 9.17) is 9.47 Å². The second-order valence-electron chi connectivity index (χ2n) is 8.72. The Morgan fingerprint density at radius 1 is 0.639 bits per heavy atom. The van der Waals surface area contributed by atoms with Gasteiger partial charge in [-0.15, -0.1) is 0 Å². The summed E-state index contributed by atoms with van der Waals surface area (Å²) in [7, 11) is 0. The van der Waals surface area contributed by atoms with E-state index in [1.165, 1.54) is 0 Å². The van der Waals surface area contributed by atoms with Crippen LogP contribution < -0.4 is 0 Å². The summed E-state index contributed by atoms with van der Waals surface area (Å²) >= 11 is 0. The van der Waals surface area contributed by atoms with Gasteiger partial charge < -0.3 is 19.3 Å². The third-order valence-electron chi connectivity index (χ3n) is 6.45. The molecule has 0 N–H and O–H groups in total.